The molecule has 0 saturated carbocycles. The minimum Gasteiger partial charge on any atom is -0.340 e. The number of nitrogens with zero attached hydrogens (tertiary/aromatic N) is 5. The predicted molar refractivity (Wildman–Crippen MR) is 148 cm³/mol. The van der Waals surface area contributed by atoms with E-state index in [1.54, 1.807) is 0 Å². The third-order valence-corrected chi connectivity index (χ3v) is 9.97. The Morgan fingerprint density at radius 1 is 0.973 bits per heavy atom. The summed E-state index contributed by atoms with van der Waals surface area (Å²) in [5.74, 6) is 2.11. The number of benzene rings is 2. The van der Waals surface area contributed by atoms with Gasteiger partial charge in [0, 0.05) is 67.6 Å². The van der Waals surface area contributed by atoms with Gasteiger partial charge in [-0.25, -0.2) is 4.98 Å². The van der Waals surface area contributed by atoms with E-state index in [1.807, 2.05) is 6.20 Å². The fraction of sp³-hybridized carbons (Fsp3) is 0.467. The van der Waals surface area contributed by atoms with Gasteiger partial charge < -0.3 is 14.4 Å². The number of carbonyl (C=O) groups is 1. The summed E-state index contributed by atoms with van der Waals surface area (Å²) in [5, 5.41) is 0. The molecule has 1 amide bonds. The Kier molecular flexibility index (Phi) is 5.98. The van der Waals surface area contributed by atoms with Crippen LogP contribution < -0.4 is 0 Å². The zero-order valence-corrected chi connectivity index (χ0v) is 22.8. The maximum atomic E-state index is 13.6. The first-order valence-electron chi connectivity index (χ1n) is 13.8. The Morgan fingerprint density at radius 2 is 1.73 bits per heavy atom. The highest BCUT2D eigenvalue weighted by Crippen LogP contribution is 2.49. The number of piperazine rings is 1. The van der Waals surface area contributed by atoms with Crippen molar-refractivity contribution in [2.75, 3.05) is 45.8 Å². The highest BCUT2D eigenvalue weighted by Gasteiger charge is 2.45. The average Bonchev–Trinajstić information content (AvgIpc) is 3.54. The van der Waals surface area contributed by atoms with Gasteiger partial charge in [0.15, 0.2) is 0 Å². The summed E-state index contributed by atoms with van der Waals surface area (Å²) < 4.78 is 3.35. The van der Waals surface area contributed by atoms with Gasteiger partial charge in [-0.15, -0.1) is 0 Å². The number of carbonyl (C=O) groups excluding carboxylic acids is 1. The standard InChI is InChI=1S/C30H34BrN5O/c31-24-7-5-23(6-8-24)30(26-4-2-1-3-25(26)29-32-13-16-36(29)30)12-9-28(37)35-19-17-34(18-20-35)27-21-33-14-10-22(27)11-15-33/h1-8,13,16,22,27H,9-12,14-15,17-21H2. The second-order valence-corrected chi connectivity index (χ2v) is 12.1. The monoisotopic (exact) mass is 559 g/mol. The molecule has 7 heteroatoms. The molecule has 8 rings (SSSR count). The van der Waals surface area contributed by atoms with Crippen LogP contribution in [0.15, 0.2) is 65.4 Å². The first kappa shape index (κ1) is 23.6. The van der Waals surface area contributed by atoms with Crippen LogP contribution in [0.1, 0.15) is 36.8 Å². The second kappa shape index (κ2) is 9.37. The highest BCUT2D eigenvalue weighted by atomic mass is 79.9. The first-order valence-corrected chi connectivity index (χ1v) is 14.6. The molecule has 0 radical (unpaired) electrons. The van der Waals surface area contributed by atoms with Gasteiger partial charge in [0.1, 0.15) is 5.82 Å². The van der Waals surface area contributed by atoms with Crippen molar-refractivity contribution in [1.82, 2.24) is 24.3 Å². The molecule has 5 aliphatic heterocycles. The van der Waals surface area contributed by atoms with Crippen LogP contribution in [0.2, 0.25) is 0 Å². The van der Waals surface area contributed by atoms with Gasteiger partial charge in [0.05, 0.1) is 5.54 Å². The number of halogens is 1. The van der Waals surface area contributed by atoms with Crippen molar-refractivity contribution in [2.24, 2.45) is 5.92 Å². The molecule has 0 spiro atoms. The molecule has 5 aliphatic rings. The zero-order valence-electron chi connectivity index (χ0n) is 21.2. The number of hydrogen-bond donors (Lipinski definition) is 0. The fourth-order valence-electron chi connectivity index (χ4n) is 7.50. The van der Waals surface area contributed by atoms with Gasteiger partial charge in [-0.2, -0.15) is 0 Å². The van der Waals surface area contributed by atoms with Crippen LogP contribution in [0.25, 0.3) is 11.4 Å². The molecule has 4 fully saturated rings. The molecule has 6 nitrogen and oxygen atoms in total. The minimum absolute atomic E-state index is 0.274. The normalized spacial score (nSPS) is 28.8. The molecule has 2 bridgehead atoms. The molecule has 2 aromatic carbocycles. The Morgan fingerprint density at radius 3 is 2.46 bits per heavy atom. The largest absolute Gasteiger partial charge is 0.340 e. The van der Waals surface area contributed by atoms with Gasteiger partial charge in [-0.3, -0.25) is 9.69 Å². The van der Waals surface area contributed by atoms with Crippen molar-refractivity contribution in [1.29, 1.82) is 0 Å². The number of imidazole rings is 1. The van der Waals surface area contributed by atoms with E-state index in [4.69, 9.17) is 4.98 Å². The summed E-state index contributed by atoms with van der Waals surface area (Å²) in [7, 11) is 0. The topological polar surface area (TPSA) is 44.6 Å². The lowest BCUT2D eigenvalue weighted by Crippen LogP contribution is -2.61. The quantitative estimate of drug-likeness (QED) is 0.463. The van der Waals surface area contributed by atoms with Crippen molar-refractivity contribution in [2.45, 2.75) is 37.3 Å². The van der Waals surface area contributed by atoms with Crippen molar-refractivity contribution in [3.63, 3.8) is 0 Å². The number of amides is 1. The highest BCUT2D eigenvalue weighted by molar-refractivity contribution is 9.10. The molecule has 0 N–H and O–H groups in total. The lowest BCUT2D eigenvalue weighted by Gasteiger charge is -2.51. The van der Waals surface area contributed by atoms with Crippen molar-refractivity contribution >= 4 is 21.8 Å². The lowest BCUT2D eigenvalue weighted by molar-refractivity contribution is -0.134. The summed E-state index contributed by atoms with van der Waals surface area (Å²) in [4.78, 5) is 25.8. The molecular weight excluding hydrogens is 526 g/mol. The summed E-state index contributed by atoms with van der Waals surface area (Å²) >= 11 is 3.60. The number of aromatic nitrogens is 2. The van der Waals surface area contributed by atoms with Crippen LogP contribution in [0, 0.1) is 5.92 Å². The number of fused-ring (bicyclic) bond motifs is 6. The molecule has 1 aromatic heterocycles. The van der Waals surface area contributed by atoms with Gasteiger partial charge in [-0.05, 0) is 61.5 Å². The van der Waals surface area contributed by atoms with Crippen LogP contribution in [-0.4, -0.2) is 82.0 Å². The van der Waals surface area contributed by atoms with Crippen molar-refractivity contribution in [3.8, 4) is 11.4 Å². The Hall–Kier alpha value is -2.48. The third-order valence-electron chi connectivity index (χ3n) is 9.45. The Balaban J connectivity index is 1.10. The van der Waals surface area contributed by atoms with Gasteiger partial charge in [0.2, 0.25) is 5.91 Å². The van der Waals surface area contributed by atoms with E-state index in [1.165, 1.54) is 43.6 Å². The van der Waals surface area contributed by atoms with E-state index < -0.39 is 5.54 Å². The molecule has 4 saturated heterocycles. The SMILES string of the molecule is O=C(CCC1(c2ccc(Br)cc2)c2ccccc2-c2nccn21)N1CCN(C2CN3CCC2CC3)CC1. The van der Waals surface area contributed by atoms with Gasteiger partial charge in [-0.1, -0.05) is 52.3 Å². The summed E-state index contributed by atoms with van der Waals surface area (Å²) in [6.45, 7) is 7.49. The van der Waals surface area contributed by atoms with E-state index >= 15 is 0 Å². The second-order valence-electron chi connectivity index (χ2n) is 11.2. The fourth-order valence-corrected chi connectivity index (χ4v) is 7.76. The maximum absolute atomic E-state index is 13.6. The zero-order chi connectivity index (χ0) is 25.0. The molecule has 3 aromatic rings. The molecular formula is C30H34BrN5O. The number of hydrogen-bond acceptors (Lipinski definition) is 4. The molecule has 37 heavy (non-hydrogen) atoms. The van der Waals surface area contributed by atoms with Crippen LogP contribution in [0.5, 0.6) is 0 Å². The van der Waals surface area contributed by atoms with Crippen LogP contribution in [-0.2, 0) is 10.3 Å². The van der Waals surface area contributed by atoms with E-state index in [2.05, 4.69) is 89.9 Å². The Labute approximate surface area is 227 Å². The predicted octanol–water partition coefficient (Wildman–Crippen LogP) is 4.44. The van der Waals surface area contributed by atoms with E-state index in [-0.39, 0.29) is 5.91 Å². The minimum atomic E-state index is -0.434. The average molecular weight is 561 g/mol. The maximum Gasteiger partial charge on any atom is 0.222 e. The molecule has 6 heterocycles. The molecule has 2 unspecified atom stereocenters. The molecule has 0 aliphatic carbocycles. The van der Waals surface area contributed by atoms with Crippen molar-refractivity contribution < 1.29 is 4.79 Å². The summed E-state index contributed by atoms with van der Waals surface area (Å²) in [5.41, 5.74) is 3.16. The van der Waals surface area contributed by atoms with E-state index in [0.29, 0.717) is 18.9 Å². The molecule has 2 atom stereocenters. The summed E-state index contributed by atoms with van der Waals surface area (Å²) in [6.07, 6.45) is 7.89. The smallest absolute Gasteiger partial charge is 0.222 e. The number of rotatable bonds is 5. The number of piperidine rings is 3. The lowest BCUT2D eigenvalue weighted by atomic mass is 9.79. The first-order chi connectivity index (χ1) is 18.1. The van der Waals surface area contributed by atoms with Gasteiger partial charge >= 0.3 is 0 Å². The van der Waals surface area contributed by atoms with Gasteiger partial charge in [0.25, 0.3) is 0 Å². The summed E-state index contributed by atoms with van der Waals surface area (Å²) in [6, 6.07) is 17.8. The Bertz CT molecular complexity index is 1290. The van der Waals surface area contributed by atoms with Crippen molar-refractivity contribution in [3.05, 3.63) is 76.5 Å². The van der Waals surface area contributed by atoms with E-state index in [0.717, 1.165) is 48.0 Å². The van der Waals surface area contributed by atoms with Crippen LogP contribution >= 0.6 is 15.9 Å². The van der Waals surface area contributed by atoms with E-state index in [9.17, 15) is 4.79 Å². The third kappa shape index (κ3) is 3.89. The van der Waals surface area contributed by atoms with Crippen LogP contribution in [0.3, 0.4) is 0 Å². The van der Waals surface area contributed by atoms with Crippen LogP contribution in [0.4, 0.5) is 0 Å². The molecule has 192 valence electrons.